The van der Waals surface area contributed by atoms with Gasteiger partial charge in [-0.25, -0.2) is 4.79 Å². The van der Waals surface area contributed by atoms with E-state index in [0.717, 1.165) is 57.5 Å². The van der Waals surface area contributed by atoms with Crippen molar-refractivity contribution in [2.45, 2.75) is 32.2 Å². The summed E-state index contributed by atoms with van der Waals surface area (Å²) < 4.78 is 0. The van der Waals surface area contributed by atoms with Gasteiger partial charge in [0.25, 0.3) is 5.91 Å². The van der Waals surface area contributed by atoms with E-state index in [1.54, 1.807) is 30.3 Å². The first-order valence-electron chi connectivity index (χ1n) is 12.4. The lowest BCUT2D eigenvalue weighted by Crippen LogP contribution is -2.38. The Balaban J connectivity index is 1.40. The van der Waals surface area contributed by atoms with Crippen molar-refractivity contribution in [3.63, 3.8) is 0 Å². The van der Waals surface area contributed by atoms with E-state index < -0.39 is 6.03 Å². The van der Waals surface area contributed by atoms with Crippen LogP contribution in [0.5, 0.6) is 0 Å². The molecule has 0 atom stereocenters. The number of hydrogen-bond donors (Lipinski definition) is 2. The highest BCUT2D eigenvalue weighted by Crippen LogP contribution is 2.31. The van der Waals surface area contributed by atoms with Gasteiger partial charge in [0, 0.05) is 43.2 Å². The molecule has 0 saturated carbocycles. The Morgan fingerprint density at radius 3 is 2.33 bits per heavy atom. The maximum Gasteiger partial charge on any atom is 0.323 e. The molecule has 0 aliphatic carbocycles. The summed E-state index contributed by atoms with van der Waals surface area (Å²) in [5, 5.41) is 14.7. The van der Waals surface area contributed by atoms with Crippen LogP contribution in [-0.4, -0.2) is 36.5 Å². The summed E-state index contributed by atoms with van der Waals surface area (Å²) >= 11 is 0. The fourth-order valence-electron chi connectivity index (χ4n) is 4.99. The predicted octanol–water partition coefficient (Wildman–Crippen LogP) is 5.39. The molecule has 1 saturated heterocycles. The van der Waals surface area contributed by atoms with Gasteiger partial charge in [0.1, 0.15) is 0 Å². The first kappa shape index (κ1) is 23.4. The summed E-state index contributed by atoms with van der Waals surface area (Å²) in [6.07, 6.45) is 4.10. The van der Waals surface area contributed by atoms with Crippen molar-refractivity contribution < 1.29 is 9.59 Å². The molecule has 0 bridgehead atoms. The van der Waals surface area contributed by atoms with Gasteiger partial charge in [-0.3, -0.25) is 4.79 Å². The van der Waals surface area contributed by atoms with Crippen LogP contribution >= 0.6 is 0 Å². The topological polar surface area (TPSA) is 88.5 Å². The van der Waals surface area contributed by atoms with Gasteiger partial charge in [0.2, 0.25) is 0 Å². The van der Waals surface area contributed by atoms with Crippen molar-refractivity contribution in [3.8, 4) is 6.07 Å². The van der Waals surface area contributed by atoms with Gasteiger partial charge in [0.05, 0.1) is 17.2 Å². The first-order valence-corrected chi connectivity index (χ1v) is 12.4. The fourth-order valence-corrected chi connectivity index (χ4v) is 4.99. The number of amides is 3. The van der Waals surface area contributed by atoms with Gasteiger partial charge in [-0.05, 0) is 73.2 Å². The van der Waals surface area contributed by atoms with E-state index in [0.29, 0.717) is 22.5 Å². The van der Waals surface area contributed by atoms with Crippen LogP contribution in [0.2, 0.25) is 0 Å². The molecule has 7 nitrogen and oxygen atoms in total. The zero-order chi connectivity index (χ0) is 24.9. The third-order valence-electron chi connectivity index (χ3n) is 6.85. The molecule has 2 aliphatic heterocycles. The van der Waals surface area contributed by atoms with Crippen molar-refractivity contribution in [1.29, 1.82) is 5.26 Å². The molecule has 0 aromatic heterocycles. The number of carbonyl (C=O) groups excluding carboxylic acids is 2. The third kappa shape index (κ3) is 5.18. The van der Waals surface area contributed by atoms with Crippen LogP contribution in [0.4, 0.5) is 21.9 Å². The van der Waals surface area contributed by atoms with Gasteiger partial charge < -0.3 is 20.4 Å². The van der Waals surface area contributed by atoms with Crippen molar-refractivity contribution in [2.75, 3.05) is 35.2 Å². The molecule has 2 N–H and O–H groups in total. The number of nitriles is 1. The van der Waals surface area contributed by atoms with Crippen LogP contribution in [0, 0.1) is 11.3 Å². The third-order valence-corrected chi connectivity index (χ3v) is 6.85. The van der Waals surface area contributed by atoms with Crippen LogP contribution in [0.1, 0.15) is 46.3 Å². The SMILES string of the molecule is N#Cc1cccc(NC(=O)Nc2ccc(N3CCc4ccccc4C3)c(C(=O)N3CCCCC3)c2)c1. The van der Waals surface area contributed by atoms with Crippen LogP contribution in [0.3, 0.4) is 0 Å². The molecule has 36 heavy (non-hydrogen) atoms. The Kier molecular flexibility index (Phi) is 6.85. The maximum absolute atomic E-state index is 13.6. The molecule has 1 fully saturated rings. The van der Waals surface area contributed by atoms with Gasteiger partial charge in [-0.2, -0.15) is 5.26 Å². The lowest BCUT2D eigenvalue weighted by atomic mass is 9.98. The molecular weight excluding hydrogens is 450 g/mol. The lowest BCUT2D eigenvalue weighted by molar-refractivity contribution is 0.0725. The number of piperidine rings is 1. The Morgan fingerprint density at radius 1 is 0.806 bits per heavy atom. The minimum atomic E-state index is -0.430. The summed E-state index contributed by atoms with van der Waals surface area (Å²) in [7, 11) is 0. The smallest absolute Gasteiger partial charge is 0.323 e. The molecule has 3 aromatic rings. The Hall–Kier alpha value is -4.31. The zero-order valence-electron chi connectivity index (χ0n) is 20.2. The Bertz CT molecular complexity index is 1320. The number of nitrogens with one attached hydrogen (secondary N) is 2. The fraction of sp³-hybridized carbons (Fsp3) is 0.276. The number of hydrogen-bond acceptors (Lipinski definition) is 4. The monoisotopic (exact) mass is 479 g/mol. The summed E-state index contributed by atoms with van der Waals surface area (Å²) in [6, 6.07) is 22.4. The Morgan fingerprint density at radius 2 is 1.56 bits per heavy atom. The summed E-state index contributed by atoms with van der Waals surface area (Å²) in [6.45, 7) is 3.10. The molecule has 0 unspecified atom stereocenters. The van der Waals surface area contributed by atoms with E-state index in [1.807, 2.05) is 17.0 Å². The molecule has 3 aromatic carbocycles. The second kappa shape index (κ2) is 10.5. The number of rotatable bonds is 4. The largest absolute Gasteiger partial charge is 0.366 e. The molecular formula is C29H29N5O2. The summed E-state index contributed by atoms with van der Waals surface area (Å²) in [5.41, 5.74) is 5.68. The van der Waals surface area contributed by atoms with Gasteiger partial charge in [-0.15, -0.1) is 0 Å². The number of benzene rings is 3. The standard InChI is InChI=1S/C29H29N5O2/c30-19-21-7-6-10-24(17-21)31-29(36)32-25-11-12-27(26(18-25)28(35)33-14-4-1-5-15-33)34-16-13-22-8-2-3-9-23(22)20-34/h2-3,6-12,17-18H,1,4-5,13-16,20H2,(H2,31,32,36). The number of anilines is 3. The van der Waals surface area contributed by atoms with Gasteiger partial charge >= 0.3 is 6.03 Å². The maximum atomic E-state index is 13.6. The first-order chi connectivity index (χ1) is 17.6. The second-order valence-electron chi connectivity index (χ2n) is 9.30. The average molecular weight is 480 g/mol. The molecule has 5 rings (SSSR count). The number of likely N-dealkylation sites (tertiary alicyclic amines) is 1. The van der Waals surface area contributed by atoms with E-state index in [9.17, 15) is 9.59 Å². The highest BCUT2D eigenvalue weighted by Gasteiger charge is 2.25. The Labute approximate surface area is 211 Å². The summed E-state index contributed by atoms with van der Waals surface area (Å²) in [5.74, 6) is 0.00865. The van der Waals surface area contributed by atoms with Crippen LogP contribution in [-0.2, 0) is 13.0 Å². The van der Waals surface area contributed by atoms with Crippen molar-refractivity contribution in [2.24, 2.45) is 0 Å². The predicted molar refractivity (Wildman–Crippen MR) is 141 cm³/mol. The van der Waals surface area contributed by atoms with E-state index in [-0.39, 0.29) is 5.91 Å². The highest BCUT2D eigenvalue weighted by atomic mass is 16.2. The van der Waals surface area contributed by atoms with E-state index in [2.05, 4.69) is 45.9 Å². The molecule has 0 radical (unpaired) electrons. The second-order valence-corrected chi connectivity index (χ2v) is 9.30. The molecule has 2 heterocycles. The van der Waals surface area contributed by atoms with Crippen LogP contribution in [0.15, 0.2) is 66.7 Å². The lowest BCUT2D eigenvalue weighted by Gasteiger charge is -2.34. The molecule has 2 aliphatic rings. The van der Waals surface area contributed by atoms with Gasteiger partial charge in [-0.1, -0.05) is 30.3 Å². The number of nitrogens with zero attached hydrogens (tertiary/aromatic N) is 3. The van der Waals surface area contributed by atoms with Gasteiger partial charge in [0.15, 0.2) is 0 Å². The quantitative estimate of drug-likeness (QED) is 0.525. The molecule has 7 heteroatoms. The van der Waals surface area contributed by atoms with E-state index in [4.69, 9.17) is 5.26 Å². The molecule has 3 amide bonds. The van der Waals surface area contributed by atoms with Crippen molar-refractivity contribution in [3.05, 3.63) is 89.0 Å². The molecule has 182 valence electrons. The minimum absolute atomic E-state index is 0.00865. The van der Waals surface area contributed by atoms with Crippen LogP contribution < -0.4 is 15.5 Å². The number of urea groups is 1. The van der Waals surface area contributed by atoms with Crippen molar-refractivity contribution >= 4 is 29.0 Å². The van der Waals surface area contributed by atoms with Crippen molar-refractivity contribution in [1.82, 2.24) is 4.90 Å². The summed E-state index contributed by atoms with van der Waals surface area (Å²) in [4.78, 5) is 30.5. The molecule has 0 spiro atoms. The number of fused-ring (bicyclic) bond motifs is 1. The average Bonchev–Trinajstić information content (AvgIpc) is 2.93. The zero-order valence-corrected chi connectivity index (χ0v) is 20.2. The number of carbonyl (C=O) groups is 2. The minimum Gasteiger partial charge on any atom is -0.366 e. The highest BCUT2D eigenvalue weighted by molar-refractivity contribution is 6.04. The van der Waals surface area contributed by atoms with E-state index >= 15 is 0 Å². The van der Waals surface area contributed by atoms with Crippen LogP contribution in [0.25, 0.3) is 0 Å². The van der Waals surface area contributed by atoms with E-state index in [1.165, 1.54) is 11.1 Å². The normalized spacial score (nSPS) is 15.0.